The summed E-state index contributed by atoms with van der Waals surface area (Å²) in [6.07, 6.45) is 6.49. The Morgan fingerprint density at radius 1 is 1.38 bits per heavy atom. The number of likely N-dealkylation sites (tertiary alicyclic amines) is 1. The van der Waals surface area contributed by atoms with Gasteiger partial charge in [-0.1, -0.05) is 6.42 Å². The molecule has 0 radical (unpaired) electrons. The fraction of sp³-hybridized carbons (Fsp3) is 0.500. The molecule has 0 atom stereocenters. The third kappa shape index (κ3) is 5.03. The summed E-state index contributed by atoms with van der Waals surface area (Å²) in [6.45, 7) is 3.65. The maximum Gasteiger partial charge on any atom is 0.433 e. The topological polar surface area (TPSA) is 88.6 Å². The Balaban J connectivity index is 1.70. The lowest BCUT2D eigenvalue weighted by Gasteiger charge is -2.26. The van der Waals surface area contributed by atoms with Crippen molar-refractivity contribution in [3.8, 4) is 0 Å². The number of carbonyl (C=O) groups excluding carboxylic acids is 1. The van der Waals surface area contributed by atoms with Crippen molar-refractivity contribution in [2.45, 2.75) is 19.3 Å². The summed E-state index contributed by atoms with van der Waals surface area (Å²) < 4.78 is 4.92. The van der Waals surface area contributed by atoms with Crippen molar-refractivity contribution >= 4 is 17.9 Å². The number of hydrogen-bond donors (Lipinski definition) is 1. The van der Waals surface area contributed by atoms with E-state index in [0.717, 1.165) is 19.6 Å². The molecule has 0 aromatic carbocycles. The molecule has 0 spiro atoms. The maximum absolute atomic E-state index is 11.6. The van der Waals surface area contributed by atoms with E-state index in [9.17, 15) is 14.9 Å². The first-order valence-electron chi connectivity index (χ1n) is 7.07. The lowest BCUT2D eigenvalue weighted by atomic mass is 10.1. The Kier molecular flexibility index (Phi) is 5.51. The second kappa shape index (κ2) is 7.58. The van der Waals surface area contributed by atoms with Gasteiger partial charge in [-0.15, -0.1) is 0 Å². The lowest BCUT2D eigenvalue weighted by molar-refractivity contribution is -0.402. The van der Waals surface area contributed by atoms with Crippen molar-refractivity contribution in [2.75, 3.05) is 26.2 Å². The molecule has 1 aromatic rings. The molecular formula is C14H19N3O4. The van der Waals surface area contributed by atoms with E-state index < -0.39 is 4.92 Å². The molecular weight excluding hydrogens is 274 g/mol. The van der Waals surface area contributed by atoms with E-state index in [1.54, 1.807) is 0 Å². The molecule has 1 N–H and O–H groups in total. The molecule has 21 heavy (non-hydrogen) atoms. The molecule has 114 valence electrons. The molecule has 1 aliphatic rings. The van der Waals surface area contributed by atoms with E-state index in [-0.39, 0.29) is 17.6 Å². The molecule has 2 heterocycles. The maximum atomic E-state index is 11.6. The zero-order valence-corrected chi connectivity index (χ0v) is 11.8. The Hall–Kier alpha value is -2.15. The summed E-state index contributed by atoms with van der Waals surface area (Å²) in [5.74, 6) is -0.279. The molecule has 0 saturated carbocycles. The third-order valence-corrected chi connectivity index (χ3v) is 3.37. The van der Waals surface area contributed by atoms with Gasteiger partial charge in [0.1, 0.15) is 10.7 Å². The van der Waals surface area contributed by atoms with Crippen LogP contribution in [0.3, 0.4) is 0 Å². The fourth-order valence-electron chi connectivity index (χ4n) is 2.27. The van der Waals surface area contributed by atoms with Crippen LogP contribution in [-0.2, 0) is 4.79 Å². The minimum atomic E-state index is -0.615. The predicted octanol–water partition coefficient (Wildman–Crippen LogP) is 1.80. The average Bonchev–Trinajstić information content (AvgIpc) is 2.95. The second-order valence-electron chi connectivity index (χ2n) is 4.96. The first-order valence-corrected chi connectivity index (χ1v) is 7.07. The fourth-order valence-corrected chi connectivity index (χ4v) is 2.27. The molecule has 7 heteroatoms. The van der Waals surface area contributed by atoms with Gasteiger partial charge < -0.3 is 14.6 Å². The first-order chi connectivity index (χ1) is 10.1. The highest BCUT2D eigenvalue weighted by molar-refractivity contribution is 5.91. The van der Waals surface area contributed by atoms with Crippen LogP contribution in [0.2, 0.25) is 0 Å². The number of rotatable bonds is 6. The van der Waals surface area contributed by atoms with Gasteiger partial charge in [0, 0.05) is 19.2 Å². The van der Waals surface area contributed by atoms with Crippen molar-refractivity contribution in [3.05, 3.63) is 34.1 Å². The van der Waals surface area contributed by atoms with E-state index in [1.165, 1.54) is 43.5 Å². The van der Waals surface area contributed by atoms with Crippen LogP contribution in [0.25, 0.3) is 6.08 Å². The number of amides is 1. The summed E-state index contributed by atoms with van der Waals surface area (Å²) in [4.78, 5) is 23.8. The molecule has 1 saturated heterocycles. The summed E-state index contributed by atoms with van der Waals surface area (Å²) in [5, 5.41) is 13.2. The molecule has 1 amide bonds. The summed E-state index contributed by atoms with van der Waals surface area (Å²) in [6, 6.07) is 2.71. The van der Waals surface area contributed by atoms with Gasteiger partial charge in [-0.25, -0.2) is 0 Å². The minimum Gasteiger partial charge on any atom is -0.401 e. The van der Waals surface area contributed by atoms with Gasteiger partial charge >= 0.3 is 5.88 Å². The van der Waals surface area contributed by atoms with Crippen LogP contribution in [0.4, 0.5) is 5.88 Å². The molecule has 2 rings (SSSR count). The highest BCUT2D eigenvalue weighted by atomic mass is 16.6. The SMILES string of the molecule is O=C(/C=C/c1ccc([N+](=O)[O-])o1)NCCN1CCCCC1. The highest BCUT2D eigenvalue weighted by Crippen LogP contribution is 2.16. The molecule has 1 fully saturated rings. The van der Waals surface area contributed by atoms with Crippen LogP contribution in [0.15, 0.2) is 22.6 Å². The Morgan fingerprint density at radius 2 is 2.14 bits per heavy atom. The normalized spacial score (nSPS) is 16.2. The zero-order chi connectivity index (χ0) is 15.1. The van der Waals surface area contributed by atoms with E-state index >= 15 is 0 Å². The van der Waals surface area contributed by atoms with Crippen LogP contribution >= 0.6 is 0 Å². The largest absolute Gasteiger partial charge is 0.433 e. The Bertz CT molecular complexity index is 518. The third-order valence-electron chi connectivity index (χ3n) is 3.37. The second-order valence-corrected chi connectivity index (χ2v) is 4.96. The summed E-state index contributed by atoms with van der Waals surface area (Å²) in [5.41, 5.74) is 0. The van der Waals surface area contributed by atoms with Crippen molar-refractivity contribution in [2.24, 2.45) is 0 Å². The summed E-state index contributed by atoms with van der Waals surface area (Å²) in [7, 11) is 0. The van der Waals surface area contributed by atoms with Crippen LogP contribution in [-0.4, -0.2) is 41.9 Å². The van der Waals surface area contributed by atoms with E-state index in [0.29, 0.717) is 6.54 Å². The average molecular weight is 293 g/mol. The van der Waals surface area contributed by atoms with Crippen molar-refractivity contribution in [1.29, 1.82) is 0 Å². The number of nitrogens with zero attached hydrogens (tertiary/aromatic N) is 2. The van der Waals surface area contributed by atoms with Gasteiger partial charge in [0.05, 0.1) is 6.07 Å². The minimum absolute atomic E-state index is 0.230. The van der Waals surface area contributed by atoms with Gasteiger partial charge in [-0.3, -0.25) is 14.9 Å². The quantitative estimate of drug-likeness (QED) is 0.491. The predicted molar refractivity (Wildman–Crippen MR) is 77.7 cm³/mol. The monoisotopic (exact) mass is 293 g/mol. The number of nitrogens with one attached hydrogen (secondary N) is 1. The molecule has 1 aromatic heterocycles. The number of hydrogen-bond acceptors (Lipinski definition) is 5. The van der Waals surface area contributed by atoms with Crippen LogP contribution in [0, 0.1) is 10.1 Å². The van der Waals surface area contributed by atoms with E-state index in [1.807, 2.05) is 0 Å². The number of carbonyl (C=O) groups is 1. The van der Waals surface area contributed by atoms with Crippen molar-refractivity contribution < 1.29 is 14.1 Å². The molecule has 7 nitrogen and oxygen atoms in total. The van der Waals surface area contributed by atoms with Gasteiger partial charge in [0.25, 0.3) is 0 Å². The van der Waals surface area contributed by atoms with Crippen LogP contribution < -0.4 is 5.32 Å². The van der Waals surface area contributed by atoms with E-state index in [2.05, 4.69) is 10.2 Å². The Morgan fingerprint density at radius 3 is 2.81 bits per heavy atom. The summed E-state index contributed by atoms with van der Waals surface area (Å²) >= 11 is 0. The lowest BCUT2D eigenvalue weighted by Crippen LogP contribution is -2.37. The van der Waals surface area contributed by atoms with Crippen molar-refractivity contribution in [1.82, 2.24) is 10.2 Å². The first kappa shape index (κ1) is 15.2. The van der Waals surface area contributed by atoms with Gasteiger partial charge in [0.15, 0.2) is 0 Å². The number of nitro groups is 1. The molecule has 0 aliphatic carbocycles. The van der Waals surface area contributed by atoms with Crippen LogP contribution in [0.5, 0.6) is 0 Å². The highest BCUT2D eigenvalue weighted by Gasteiger charge is 2.11. The molecule has 1 aliphatic heterocycles. The smallest absolute Gasteiger partial charge is 0.401 e. The van der Waals surface area contributed by atoms with E-state index in [4.69, 9.17) is 4.42 Å². The Labute approximate surface area is 122 Å². The standard InChI is InChI=1S/C14H19N3O4/c18-13(15-8-11-16-9-2-1-3-10-16)6-4-12-5-7-14(21-12)17(19)20/h4-7H,1-3,8-11H2,(H,15,18)/b6-4+. The molecule has 0 bridgehead atoms. The van der Waals surface area contributed by atoms with Crippen molar-refractivity contribution in [3.63, 3.8) is 0 Å². The number of furan rings is 1. The van der Waals surface area contributed by atoms with Gasteiger partial charge in [0.2, 0.25) is 5.91 Å². The van der Waals surface area contributed by atoms with Crippen LogP contribution in [0.1, 0.15) is 25.0 Å². The van der Waals surface area contributed by atoms with Gasteiger partial charge in [-0.2, -0.15) is 0 Å². The van der Waals surface area contributed by atoms with Gasteiger partial charge in [-0.05, 0) is 38.1 Å². The molecule has 0 unspecified atom stereocenters. The number of piperidine rings is 1. The zero-order valence-electron chi connectivity index (χ0n) is 11.8.